The molecule has 2 aliphatic carbocycles. The summed E-state index contributed by atoms with van der Waals surface area (Å²) in [6, 6.07) is 17.0. The Bertz CT molecular complexity index is 1540. The van der Waals surface area contributed by atoms with E-state index in [1.807, 2.05) is 54.6 Å². The number of hydrogen-bond donors (Lipinski definition) is 2. The predicted octanol–water partition coefficient (Wildman–Crippen LogP) is 4.36. The quantitative estimate of drug-likeness (QED) is 0.387. The van der Waals surface area contributed by atoms with Crippen molar-refractivity contribution in [1.82, 2.24) is 9.97 Å². The van der Waals surface area contributed by atoms with Crippen LogP contribution in [0.5, 0.6) is 0 Å². The van der Waals surface area contributed by atoms with Gasteiger partial charge >= 0.3 is 0 Å². The number of fused-ring (bicyclic) bond motifs is 4. The molecule has 2 aromatic heterocycles. The van der Waals surface area contributed by atoms with Crippen molar-refractivity contribution in [3.8, 4) is 0 Å². The van der Waals surface area contributed by atoms with E-state index in [2.05, 4.69) is 23.1 Å². The van der Waals surface area contributed by atoms with E-state index in [0.717, 1.165) is 39.6 Å². The van der Waals surface area contributed by atoms with Crippen LogP contribution in [0.4, 0.5) is 5.69 Å². The number of para-hydroxylation sites is 2. The lowest BCUT2D eigenvalue weighted by Gasteiger charge is -2.22. The van der Waals surface area contributed by atoms with E-state index < -0.39 is 0 Å². The first kappa shape index (κ1) is 21.7. The zero-order chi connectivity index (χ0) is 24.0. The second kappa shape index (κ2) is 8.32. The largest absolute Gasteiger partial charge is 0.398 e. The van der Waals surface area contributed by atoms with Gasteiger partial charge in [-0.25, -0.2) is 0 Å². The van der Waals surface area contributed by atoms with Crippen molar-refractivity contribution in [2.45, 2.75) is 25.3 Å². The van der Waals surface area contributed by atoms with E-state index in [-0.39, 0.29) is 17.6 Å². The van der Waals surface area contributed by atoms with Gasteiger partial charge in [-0.3, -0.25) is 19.6 Å². The van der Waals surface area contributed by atoms with Crippen LogP contribution in [0, 0.1) is 0 Å². The summed E-state index contributed by atoms with van der Waals surface area (Å²) in [5.74, 6) is -0.126. The third kappa shape index (κ3) is 3.58. The molecule has 0 amide bonds. The van der Waals surface area contributed by atoms with Crippen LogP contribution in [0.3, 0.4) is 0 Å². The molecule has 0 saturated heterocycles. The van der Waals surface area contributed by atoms with Crippen LogP contribution in [-0.4, -0.2) is 27.6 Å². The molecule has 6 rings (SSSR count). The summed E-state index contributed by atoms with van der Waals surface area (Å²) in [4.78, 5) is 33.1. The van der Waals surface area contributed by atoms with Crippen molar-refractivity contribution in [1.29, 1.82) is 0 Å². The fraction of sp³-hybridized carbons (Fsp3) is 0.143. The number of hydrogen-bond acceptors (Lipinski definition) is 6. The number of Topliss-reactive ketones (excluding diaryl/α,β-unsaturated/α-hetero) is 2. The van der Waals surface area contributed by atoms with Gasteiger partial charge in [0.15, 0.2) is 11.6 Å². The number of nitrogens with zero attached hydrogens (tertiary/aromatic N) is 2. The van der Waals surface area contributed by atoms with Crippen LogP contribution in [0.25, 0.3) is 21.8 Å². The number of benzene rings is 2. The minimum atomic E-state index is -0.302. The highest BCUT2D eigenvalue weighted by Gasteiger charge is 2.28. The summed E-state index contributed by atoms with van der Waals surface area (Å²) >= 11 is 0. The third-order valence-electron chi connectivity index (χ3n) is 6.42. The molecule has 0 bridgehead atoms. The minimum Gasteiger partial charge on any atom is -0.398 e. The monoisotopic (exact) mass is 448 g/mol. The molecular formula is C28H24N4O2. The molecule has 0 saturated carbocycles. The van der Waals surface area contributed by atoms with Crippen LogP contribution < -0.4 is 11.5 Å². The van der Waals surface area contributed by atoms with Crippen molar-refractivity contribution in [3.05, 3.63) is 101 Å². The number of carbonyl (C=O) groups is 2. The Morgan fingerprint density at radius 3 is 2.32 bits per heavy atom. The first-order valence-electron chi connectivity index (χ1n) is 11.1. The van der Waals surface area contributed by atoms with Gasteiger partial charge in [-0.2, -0.15) is 0 Å². The Labute approximate surface area is 197 Å². The maximum absolute atomic E-state index is 12.1. The van der Waals surface area contributed by atoms with E-state index in [1.165, 1.54) is 0 Å². The molecule has 1 unspecified atom stereocenters. The van der Waals surface area contributed by atoms with Gasteiger partial charge in [-0.1, -0.05) is 49.6 Å². The average Bonchev–Trinajstić information content (AvgIpc) is 2.84. The second-order valence-corrected chi connectivity index (χ2v) is 8.64. The van der Waals surface area contributed by atoms with Gasteiger partial charge in [0.2, 0.25) is 0 Å². The maximum atomic E-state index is 12.1. The van der Waals surface area contributed by atoms with Crippen molar-refractivity contribution < 1.29 is 9.59 Å². The topological polar surface area (TPSA) is 112 Å². The Morgan fingerprint density at radius 1 is 0.853 bits per heavy atom. The first-order chi connectivity index (χ1) is 16.3. The van der Waals surface area contributed by atoms with Crippen molar-refractivity contribution >= 4 is 39.1 Å². The van der Waals surface area contributed by atoms with Crippen molar-refractivity contribution in [3.63, 3.8) is 0 Å². The second-order valence-electron chi connectivity index (χ2n) is 8.64. The molecule has 1 atom stereocenters. The van der Waals surface area contributed by atoms with Crippen LogP contribution in [0.2, 0.25) is 0 Å². The molecule has 6 nitrogen and oxygen atoms in total. The van der Waals surface area contributed by atoms with Crippen molar-refractivity contribution in [2.24, 2.45) is 5.73 Å². The molecule has 0 fully saturated rings. The van der Waals surface area contributed by atoms with Gasteiger partial charge < -0.3 is 11.5 Å². The highest BCUT2D eigenvalue weighted by molar-refractivity contribution is 6.16. The number of anilines is 1. The fourth-order valence-corrected chi connectivity index (χ4v) is 4.47. The summed E-state index contributed by atoms with van der Waals surface area (Å²) in [6.07, 6.45) is 2.01. The summed E-state index contributed by atoms with van der Waals surface area (Å²) < 4.78 is 0. The number of nitrogen functional groups attached to an aromatic ring is 1. The lowest BCUT2D eigenvalue weighted by Crippen LogP contribution is -2.34. The van der Waals surface area contributed by atoms with Gasteiger partial charge in [0.25, 0.3) is 0 Å². The van der Waals surface area contributed by atoms with Crippen molar-refractivity contribution in [2.75, 3.05) is 5.73 Å². The number of allylic oxidation sites excluding steroid dienone is 1. The summed E-state index contributed by atoms with van der Waals surface area (Å²) in [5.41, 5.74) is 18.1. The lowest BCUT2D eigenvalue weighted by molar-refractivity contribution is 0.101. The van der Waals surface area contributed by atoms with Gasteiger partial charge in [0, 0.05) is 34.4 Å². The predicted molar refractivity (Wildman–Crippen MR) is 135 cm³/mol. The summed E-state index contributed by atoms with van der Waals surface area (Å²) in [5, 5.41) is 1.82. The van der Waals surface area contributed by atoms with Crippen LogP contribution in [0.15, 0.2) is 78.9 Å². The zero-order valence-electron chi connectivity index (χ0n) is 18.7. The first-order valence-corrected chi connectivity index (χ1v) is 11.1. The highest BCUT2D eigenvalue weighted by Crippen LogP contribution is 2.32. The highest BCUT2D eigenvalue weighted by atomic mass is 16.1. The van der Waals surface area contributed by atoms with Gasteiger partial charge in [0.1, 0.15) is 0 Å². The maximum Gasteiger partial charge on any atom is 0.192 e. The van der Waals surface area contributed by atoms with E-state index in [1.54, 1.807) is 0 Å². The molecule has 34 heavy (non-hydrogen) atoms. The molecule has 4 N–H and O–H groups in total. The van der Waals surface area contributed by atoms with Crippen LogP contribution >= 0.6 is 0 Å². The number of pyridine rings is 2. The Kier molecular flexibility index (Phi) is 5.30. The summed E-state index contributed by atoms with van der Waals surface area (Å²) in [6.45, 7) is 7.54. The molecule has 4 aromatic rings. The molecule has 0 aliphatic heterocycles. The SMILES string of the molecule is C=C1C(=O)c2cc3ccccc3nc2CC1N.C=C1CCc2nc3ccccc3c(N)c2C1=O. The lowest BCUT2D eigenvalue weighted by atomic mass is 9.87. The summed E-state index contributed by atoms with van der Waals surface area (Å²) in [7, 11) is 0. The van der Waals surface area contributed by atoms with Crippen LogP contribution in [-0.2, 0) is 12.8 Å². The number of ketones is 2. The van der Waals surface area contributed by atoms with E-state index in [4.69, 9.17) is 11.5 Å². The third-order valence-corrected chi connectivity index (χ3v) is 6.42. The minimum absolute atomic E-state index is 0.0537. The number of aromatic nitrogens is 2. The molecule has 168 valence electrons. The standard InChI is InChI=1S/2C14H12N2O/c1-8-11(15)7-13-10(14(8)17)6-9-4-2-3-5-12(9)16-13;1-8-6-7-11-12(14(8)17)13(15)9-4-2-3-5-10(9)16-11/h2-6,11H,1,7,15H2;2-5H,1,6-7H2,(H2,15,16). The van der Waals surface area contributed by atoms with E-state index in [0.29, 0.717) is 40.8 Å². The van der Waals surface area contributed by atoms with Crippen LogP contribution in [0.1, 0.15) is 38.5 Å². The number of rotatable bonds is 0. The number of carbonyl (C=O) groups excluding carboxylic acids is 2. The normalized spacial score (nSPS) is 17.3. The average molecular weight is 449 g/mol. The van der Waals surface area contributed by atoms with E-state index in [9.17, 15) is 9.59 Å². The number of nitrogens with two attached hydrogens (primary N) is 2. The molecule has 2 aliphatic rings. The smallest absolute Gasteiger partial charge is 0.192 e. The van der Waals surface area contributed by atoms with Gasteiger partial charge in [0.05, 0.1) is 33.7 Å². The Hall–Kier alpha value is -4.16. The molecule has 2 aromatic carbocycles. The van der Waals surface area contributed by atoms with Gasteiger partial charge in [-0.15, -0.1) is 0 Å². The Balaban J connectivity index is 0.000000142. The molecule has 6 heteroatoms. The fourth-order valence-electron chi connectivity index (χ4n) is 4.47. The van der Waals surface area contributed by atoms with Gasteiger partial charge in [-0.05, 0) is 36.6 Å². The van der Waals surface area contributed by atoms with E-state index >= 15 is 0 Å². The number of aryl methyl sites for hydroxylation is 1. The molecule has 0 radical (unpaired) electrons. The zero-order valence-corrected chi connectivity index (χ0v) is 18.7. The molecule has 2 heterocycles. The molecular weight excluding hydrogens is 424 g/mol. The molecule has 0 spiro atoms. The Morgan fingerprint density at radius 2 is 1.53 bits per heavy atom.